The van der Waals surface area contributed by atoms with E-state index in [9.17, 15) is 19.2 Å². The molecule has 27 rings (SSSR count). The van der Waals surface area contributed by atoms with E-state index in [0.717, 1.165) is 50.2 Å². The van der Waals surface area contributed by atoms with Crippen LogP contribution in [0.5, 0.6) is 0 Å². The molecular formula is C137H132N4O4S3. The third kappa shape index (κ3) is 17.0. The summed E-state index contributed by atoms with van der Waals surface area (Å²) in [6.45, 7) is 14.0. The number of aldehydes is 4. The average Bonchev–Trinajstić information content (AvgIpc) is 1.56. The Labute approximate surface area is 886 Å². The number of anilines is 8. The lowest BCUT2D eigenvalue weighted by atomic mass is 9.71. The molecule has 11 aliphatic rings. The molecule has 0 saturated heterocycles. The smallest absolute Gasteiger partial charge is 0.160 e. The molecule has 8 atom stereocenters. The van der Waals surface area contributed by atoms with Gasteiger partial charge in [0, 0.05) is 130 Å². The van der Waals surface area contributed by atoms with Crippen LogP contribution in [0.15, 0.2) is 322 Å². The van der Waals surface area contributed by atoms with Crippen LogP contribution in [0.2, 0.25) is 0 Å². The number of hydrogen-bond acceptors (Lipinski definition) is 11. The van der Waals surface area contributed by atoms with Gasteiger partial charge in [0.1, 0.15) is 6.29 Å². The van der Waals surface area contributed by atoms with E-state index in [1.54, 1.807) is 56.3 Å². The molecule has 0 radical (unpaired) electrons. The first kappa shape index (κ1) is 96.7. The highest BCUT2D eigenvalue weighted by Gasteiger charge is 2.51. The summed E-state index contributed by atoms with van der Waals surface area (Å²) in [4.78, 5) is 61.5. The van der Waals surface area contributed by atoms with Crippen LogP contribution in [-0.4, -0.2) is 49.3 Å². The highest BCUT2D eigenvalue weighted by Crippen LogP contribution is 2.64. The topological polar surface area (TPSA) is 81.2 Å². The first-order valence-electron chi connectivity index (χ1n) is 55.2. The van der Waals surface area contributed by atoms with Gasteiger partial charge in [0.25, 0.3) is 0 Å². The summed E-state index contributed by atoms with van der Waals surface area (Å²) in [7, 11) is 0. The molecule has 742 valence electrons. The van der Waals surface area contributed by atoms with Crippen molar-refractivity contribution in [3.05, 3.63) is 414 Å². The van der Waals surface area contributed by atoms with Crippen molar-refractivity contribution in [2.75, 3.05) is 19.6 Å². The molecule has 8 nitrogen and oxygen atoms in total. The van der Waals surface area contributed by atoms with Crippen LogP contribution < -0.4 is 19.6 Å². The molecule has 0 bridgehead atoms. The second-order valence-electron chi connectivity index (χ2n) is 44.0. The van der Waals surface area contributed by atoms with Crippen LogP contribution in [0.4, 0.5) is 45.5 Å². The van der Waals surface area contributed by atoms with Gasteiger partial charge in [-0.25, -0.2) is 0 Å². The first-order chi connectivity index (χ1) is 72.7. The molecule has 13 aromatic carbocycles. The van der Waals surface area contributed by atoms with E-state index in [4.69, 9.17) is 0 Å². The third-order valence-electron chi connectivity index (χ3n) is 35.6. The number of benzene rings is 13. The van der Waals surface area contributed by atoms with Crippen LogP contribution in [0.25, 0.3) is 76.4 Å². The Morgan fingerprint density at radius 3 is 0.953 bits per heavy atom. The monoisotopic (exact) mass is 1990 g/mol. The predicted molar refractivity (Wildman–Crippen MR) is 621 cm³/mol. The van der Waals surface area contributed by atoms with Crippen LogP contribution in [0.1, 0.15) is 331 Å². The number of nitrogens with zero attached hydrogens (tertiary/aromatic N) is 4. The molecule has 0 amide bonds. The molecule has 11 heteroatoms. The van der Waals surface area contributed by atoms with Gasteiger partial charge in [0.2, 0.25) is 0 Å². The predicted octanol–water partition coefficient (Wildman–Crippen LogP) is 37.5. The zero-order valence-corrected chi connectivity index (χ0v) is 88.7. The number of rotatable bonds is 26. The van der Waals surface area contributed by atoms with Crippen molar-refractivity contribution < 1.29 is 19.2 Å². The minimum absolute atomic E-state index is 0.0409. The molecule has 0 spiro atoms. The highest BCUT2D eigenvalue weighted by molar-refractivity contribution is 7.17. The van der Waals surface area contributed by atoms with E-state index < -0.39 is 0 Å². The SMILES string of the molecule is CC1(C)c2ccccc2-c2cc(N3c4ccc(-c5ccc(C=O)s5)cc4C4CCCC43)ccc21.CCCCC1(CCCC)c2ccccc2-c2cc(N3c4ccc(-c5ccc(C=O)s5)cc4C4CCCC43)ccc21.CCCCC1(CCCC)c2ccccc2-c2cc(N3c4ccc(C=O)cc4C4CCCC43)ccc21.O=Cc1ccc(-c2ccc3c(c2)C2CCCC2N3c2ccc(C=C(c3ccccc3)c3ccccc3)cc2)s1. The summed E-state index contributed by atoms with van der Waals surface area (Å²) >= 11 is 4.74. The van der Waals surface area contributed by atoms with Crippen LogP contribution >= 0.6 is 34.0 Å². The second-order valence-corrected chi connectivity index (χ2v) is 47.4. The van der Waals surface area contributed by atoms with Crippen molar-refractivity contribution in [1.29, 1.82) is 0 Å². The Morgan fingerprint density at radius 1 is 0.284 bits per heavy atom. The van der Waals surface area contributed by atoms with Crippen molar-refractivity contribution >= 4 is 116 Å². The van der Waals surface area contributed by atoms with Gasteiger partial charge in [-0.05, 0) is 351 Å². The number of carbonyl (C=O) groups excluding carboxylic acids is 4. The Balaban J connectivity index is 0.000000106. The van der Waals surface area contributed by atoms with Crippen molar-refractivity contribution in [3.8, 4) is 64.7 Å². The lowest BCUT2D eigenvalue weighted by Gasteiger charge is -2.33. The summed E-state index contributed by atoms with van der Waals surface area (Å²) in [5.74, 6) is 2.26. The zero-order chi connectivity index (χ0) is 100. The van der Waals surface area contributed by atoms with Crippen LogP contribution in [-0.2, 0) is 16.2 Å². The fourth-order valence-electron chi connectivity index (χ4n) is 28.8. The maximum Gasteiger partial charge on any atom is 0.160 e. The fourth-order valence-corrected chi connectivity index (χ4v) is 31.3. The highest BCUT2D eigenvalue weighted by atomic mass is 32.1. The summed E-state index contributed by atoms with van der Waals surface area (Å²) in [6.07, 6.45) is 36.1. The van der Waals surface area contributed by atoms with Gasteiger partial charge in [-0.3, -0.25) is 19.2 Å². The van der Waals surface area contributed by atoms with E-state index in [1.807, 2.05) is 24.3 Å². The van der Waals surface area contributed by atoms with Gasteiger partial charge >= 0.3 is 0 Å². The normalized spacial score (nSPS) is 19.8. The van der Waals surface area contributed by atoms with E-state index in [2.05, 4.69) is 364 Å². The van der Waals surface area contributed by atoms with Gasteiger partial charge in [0.15, 0.2) is 18.9 Å². The molecular weight excluding hydrogens is 1860 g/mol. The summed E-state index contributed by atoms with van der Waals surface area (Å²) < 4.78 is 0. The Kier molecular flexibility index (Phi) is 26.7. The largest absolute Gasteiger partial charge is 0.338 e. The minimum atomic E-state index is 0.0409. The van der Waals surface area contributed by atoms with Crippen LogP contribution in [0, 0.1) is 0 Å². The fraction of sp³-hybridized carbons (Fsp3) is 0.299. The lowest BCUT2D eigenvalue weighted by molar-refractivity contribution is 0.111. The zero-order valence-electron chi connectivity index (χ0n) is 86.2. The summed E-state index contributed by atoms with van der Waals surface area (Å²) in [5.41, 5.74) is 43.7. The number of carbonyl (C=O) groups is 4. The van der Waals surface area contributed by atoms with Gasteiger partial charge in [-0.1, -0.05) is 301 Å². The van der Waals surface area contributed by atoms with E-state index in [0.29, 0.717) is 47.8 Å². The molecule has 8 unspecified atom stereocenters. The van der Waals surface area contributed by atoms with Crippen molar-refractivity contribution in [2.45, 2.75) is 260 Å². The molecule has 148 heavy (non-hydrogen) atoms. The first-order valence-corrected chi connectivity index (χ1v) is 57.7. The summed E-state index contributed by atoms with van der Waals surface area (Å²) in [5, 5.41) is 0. The Bertz CT molecular complexity index is 7680. The lowest BCUT2D eigenvalue weighted by Crippen LogP contribution is -2.27. The number of fused-ring (bicyclic) bond motifs is 21. The van der Waals surface area contributed by atoms with Crippen molar-refractivity contribution in [2.24, 2.45) is 0 Å². The van der Waals surface area contributed by atoms with Gasteiger partial charge in [0.05, 0.1) is 14.6 Å². The van der Waals surface area contributed by atoms with Gasteiger partial charge in [-0.15, -0.1) is 34.0 Å². The van der Waals surface area contributed by atoms with Gasteiger partial charge < -0.3 is 19.6 Å². The van der Waals surface area contributed by atoms with E-state index in [-0.39, 0.29) is 16.2 Å². The average molecular weight is 1990 g/mol. The molecule has 3 aromatic heterocycles. The summed E-state index contributed by atoms with van der Waals surface area (Å²) in [6, 6.07) is 121. The van der Waals surface area contributed by atoms with Crippen molar-refractivity contribution in [1.82, 2.24) is 0 Å². The van der Waals surface area contributed by atoms with Crippen LogP contribution in [0.3, 0.4) is 0 Å². The van der Waals surface area contributed by atoms with E-state index in [1.165, 1.54) is 315 Å². The molecule has 16 aromatic rings. The molecule has 0 N–H and O–H groups in total. The molecule has 7 heterocycles. The standard InChI is InChI=1S/C37H39NOS.C36H29NOS.C33H37NO.C31H27NOS/c1-3-5-20-37(21-6-4-2)32-12-8-7-10-28(32)30-23-26(15-17-33(30)37)38-34-13-9-11-29(34)31-22-25(14-18-35(31)38)36-19-16-27(24-39)40-36;38-24-30-19-21-36(39-30)28-16-20-35-33(23-28)31-12-7-13-34(31)37(35)29-17-14-25(15-18-29)22-32(26-8-3-1-4-9-26)27-10-5-2-6-11-27;1-3-5-18-33(19-6-4-2)29-12-8-7-10-25(29)27-21-24(15-16-30(27)33)34-31-13-9-11-26(31)28-20-23(22-35)14-17-32(28)34;1-31(2)26-8-4-3-6-22(26)24-17-20(11-13-27(24)31)32-28-9-5-7-23(28)25-16-19(10-14-29(25)32)30-15-12-21(18-33)34-30/h7-8,10,12,14-19,22-24,29,34H,3-6,9,11,13,20-21H2,1-2H3;1-6,8-11,14-24,31,34H,7,12-13H2;7-8,10,12,14-17,20-22,26,31H,3-6,9,11,13,18-19H2,1-2H3;3-4,6,8,10-18,23,28H,5,7,9H2,1-2H3. The Morgan fingerprint density at radius 2 is 0.588 bits per heavy atom. The second kappa shape index (κ2) is 40.9. The molecule has 4 aliphatic heterocycles. The number of thiophene rings is 3. The molecule has 4 saturated carbocycles. The number of hydrogen-bond donors (Lipinski definition) is 0. The van der Waals surface area contributed by atoms with E-state index >= 15 is 0 Å². The van der Waals surface area contributed by atoms with Gasteiger partial charge in [-0.2, -0.15) is 0 Å². The third-order valence-corrected chi connectivity index (χ3v) is 38.8. The quantitative estimate of drug-likeness (QED) is 0.0392. The molecule has 7 aliphatic carbocycles. The number of unbranched alkanes of at least 4 members (excludes halogenated alkanes) is 4. The maximum atomic E-state index is 11.5. The maximum absolute atomic E-state index is 11.5. The molecule has 4 fully saturated rings. The minimum Gasteiger partial charge on any atom is -0.338 e. The van der Waals surface area contributed by atoms with Crippen molar-refractivity contribution in [3.63, 3.8) is 0 Å². The Hall–Kier alpha value is -13.4.